The van der Waals surface area contributed by atoms with Crippen molar-refractivity contribution in [3.63, 3.8) is 0 Å². The molecule has 97 heavy (non-hydrogen) atoms. The zero-order valence-corrected chi connectivity index (χ0v) is 56.1. The number of fused-ring (bicyclic) bond motifs is 2. The Balaban J connectivity index is 0.000000192. The molecule has 6 N–H and O–H groups in total. The van der Waals surface area contributed by atoms with Gasteiger partial charge >= 0.3 is 23.3 Å². The quantitative estimate of drug-likeness (QED) is 0.0213. The highest BCUT2D eigenvalue weighted by atomic mass is 32.9. The molecule has 0 spiro atoms. The van der Waals surface area contributed by atoms with E-state index in [1.54, 1.807) is 66.7 Å². The Morgan fingerprint density at radius 1 is 0.691 bits per heavy atom. The third kappa shape index (κ3) is 17.9. The molecular weight excluding hydrogens is 1380 g/mol. The predicted molar refractivity (Wildman–Crippen MR) is 347 cm³/mol. The van der Waals surface area contributed by atoms with Crippen LogP contribution in [-0.2, 0) is 100 Å². The van der Waals surface area contributed by atoms with Crippen molar-refractivity contribution in [3.8, 4) is 11.5 Å². The number of nitrogens with one attached hydrogen (secondary N) is 2. The highest BCUT2D eigenvalue weighted by molar-refractivity contribution is 8.69. The van der Waals surface area contributed by atoms with Gasteiger partial charge in [-0.1, -0.05) is 61.6 Å². The number of aliphatic hydroxyl groups is 3. The largest absolute Gasteiger partial charge is 0.497 e. The maximum atomic E-state index is 15.3. The third-order valence-electron chi connectivity index (χ3n) is 15.3. The van der Waals surface area contributed by atoms with E-state index in [1.165, 1.54) is 63.7 Å². The third-order valence-corrected chi connectivity index (χ3v) is 22.2. The van der Waals surface area contributed by atoms with Crippen LogP contribution in [0, 0.1) is 11.8 Å². The van der Waals surface area contributed by atoms with Crippen LogP contribution in [0.15, 0.2) is 140 Å². The van der Waals surface area contributed by atoms with Crippen LogP contribution in [0.25, 0.3) is 21.9 Å². The van der Waals surface area contributed by atoms with Gasteiger partial charge < -0.3 is 66.5 Å². The number of carbonyl (C=O) groups excluding carboxylic acids is 4. The molecule has 0 saturated carbocycles. The molecule has 3 aliphatic rings. The van der Waals surface area contributed by atoms with E-state index in [4.69, 9.17) is 69.9 Å². The zero-order valence-electron chi connectivity index (χ0n) is 51.8. The minimum absolute atomic E-state index is 0.0289. The van der Waals surface area contributed by atoms with E-state index < -0.39 is 109 Å². The summed E-state index contributed by atoms with van der Waals surface area (Å²) in [7, 11) is 2.98. The number of aromatic nitrogens is 4. The van der Waals surface area contributed by atoms with Gasteiger partial charge in [0, 0.05) is 51.2 Å². The fourth-order valence-electron chi connectivity index (χ4n) is 10.0. The summed E-state index contributed by atoms with van der Waals surface area (Å²) in [5, 5.41) is 34.7. The molecule has 8 atom stereocenters. The molecule has 26 nitrogen and oxygen atoms in total. The van der Waals surface area contributed by atoms with E-state index in [0.29, 0.717) is 77.4 Å². The van der Waals surface area contributed by atoms with Gasteiger partial charge in [0.05, 0.1) is 95.5 Å². The minimum atomic E-state index is -3.93. The van der Waals surface area contributed by atoms with Crippen LogP contribution in [0.1, 0.15) is 81.1 Å². The summed E-state index contributed by atoms with van der Waals surface area (Å²) in [5.41, 5.74) is -1.57. The Morgan fingerprint density at radius 3 is 1.56 bits per heavy atom. The molecule has 518 valence electrons. The van der Waals surface area contributed by atoms with E-state index in [0.717, 1.165) is 18.1 Å². The number of carbonyl (C=O) groups is 4. The monoisotopic (exact) mass is 1450 g/mol. The normalized spacial score (nSPS) is 21.3. The second kappa shape index (κ2) is 31.8. The van der Waals surface area contributed by atoms with Gasteiger partial charge in [-0.2, -0.15) is 9.97 Å². The van der Waals surface area contributed by atoms with Crippen LogP contribution >= 0.6 is 23.6 Å². The van der Waals surface area contributed by atoms with Crippen LogP contribution in [0.5, 0.6) is 11.5 Å². The number of alkyl halides is 4. The topological polar surface area (TPSA) is 343 Å². The van der Waals surface area contributed by atoms with Crippen LogP contribution in [0.3, 0.4) is 0 Å². The van der Waals surface area contributed by atoms with Crippen molar-refractivity contribution in [3.05, 3.63) is 188 Å². The standard InChI is InChI=1S/C30H30F2N3O10PS.C23H24F2N2O8.C9H10NO2PS2/c1-17-24(16-43-46(40,47)34-27(38)18-6-4-3-5-7-18)45-28(30(17,31)32)35-9-8-21(33-29(35)39)13-25(37)42-15-23-11-19-10-22(41-2)12-20(14-36)26(19)44-23;1-12-18(10-29)35-21(23(12,24)25)27-4-3-15(26-22(27)31)8-19(30)33-11-17-6-13-5-16(32-2)7-14(9-28)20(13)34-17;11-9(8-4-2-1-3-5-8)10-13(14)12-6-7-15-13/h3-12,17,24,28,36H,13-16H2,1-2H3,(H2,34,38,40,47);3-7,12,18,21,28-29H,8-11H2,1-2H3;1-5H,6-7H2,(H,10,11,14)/t17-,24-,28-,46?;12-,18-,21-;/m11./s1. The summed E-state index contributed by atoms with van der Waals surface area (Å²) in [6.45, 7) is -3.11. The van der Waals surface area contributed by atoms with Crippen LogP contribution in [-0.4, -0.2) is 127 Å². The van der Waals surface area contributed by atoms with Crippen molar-refractivity contribution in [2.24, 2.45) is 11.8 Å². The van der Waals surface area contributed by atoms with Crippen molar-refractivity contribution in [2.75, 3.05) is 39.8 Å². The van der Waals surface area contributed by atoms with Crippen LogP contribution in [0.2, 0.25) is 0 Å². The van der Waals surface area contributed by atoms with Gasteiger partial charge in [0.25, 0.3) is 30.3 Å². The van der Waals surface area contributed by atoms with Gasteiger partial charge in [-0.25, -0.2) is 27.2 Å². The maximum Gasteiger partial charge on any atom is 0.350 e. The fraction of sp³-hybridized carbons (Fsp3) is 0.355. The first kappa shape index (κ1) is 73.5. The average molecular weight is 1450 g/mol. The second-order valence-corrected chi connectivity index (χ2v) is 31.5. The molecule has 4 aromatic carbocycles. The van der Waals surface area contributed by atoms with Gasteiger partial charge in [-0.15, -0.1) is 0 Å². The molecule has 4 aromatic heterocycles. The molecule has 7 heterocycles. The molecule has 8 aromatic rings. The van der Waals surface area contributed by atoms with Crippen molar-refractivity contribution in [1.82, 2.24) is 29.3 Å². The summed E-state index contributed by atoms with van der Waals surface area (Å²) in [6, 6.07) is 29.3. The van der Waals surface area contributed by atoms with Crippen molar-refractivity contribution >= 4 is 92.9 Å². The number of amides is 2. The average Bonchev–Trinajstić information content (AvgIpc) is 1.43. The van der Waals surface area contributed by atoms with Gasteiger partial charge in [-0.05, 0) is 96.4 Å². The molecule has 11 rings (SSSR count). The van der Waals surface area contributed by atoms with E-state index in [2.05, 4.69) is 20.1 Å². The number of hydrogen-bond donors (Lipinski definition) is 6. The van der Waals surface area contributed by atoms with Gasteiger partial charge in [0.2, 0.25) is 18.1 Å². The first-order valence-corrected chi connectivity index (χ1v) is 36.3. The van der Waals surface area contributed by atoms with Crippen molar-refractivity contribution in [2.45, 2.75) is 89.6 Å². The molecule has 3 aliphatic heterocycles. The number of esters is 2. The first-order chi connectivity index (χ1) is 46.2. The molecule has 3 saturated heterocycles. The number of aliphatic hydroxyl groups excluding tert-OH is 3. The summed E-state index contributed by atoms with van der Waals surface area (Å²) < 4.78 is 114. The summed E-state index contributed by atoms with van der Waals surface area (Å²) in [5.74, 6) is -9.54. The lowest BCUT2D eigenvalue weighted by atomic mass is 10.00. The maximum absolute atomic E-state index is 15.3. The smallest absolute Gasteiger partial charge is 0.350 e. The number of rotatable bonds is 22. The number of benzene rings is 4. The number of methoxy groups -OCH3 is 2. The molecule has 0 bridgehead atoms. The molecule has 2 amide bonds. The first-order valence-electron chi connectivity index (χ1n) is 29.4. The number of hydrogen-bond acceptors (Lipinski definition) is 24. The Hall–Kier alpha value is -7.75. The SMILES string of the molecule is COc1cc(CO)c2oc(COC(=O)Cc3ccn([C@@H]4O[C@H](CO)[C@@H](C)C4(F)F)c(=O)n3)cc2c1.COc1cc(CO)c2oc(COC(=O)Cc3ccn([C@@H]4O[C@H](COP(O)(=S)NC(=O)c5ccccc5)[C@@H](C)C4(F)F)c(=O)n3)cc2c1.O=C(NP1(=S)OCCS1)c1ccccc1. The molecule has 2 unspecified atom stereocenters. The summed E-state index contributed by atoms with van der Waals surface area (Å²) >= 11 is 11.8. The lowest BCUT2D eigenvalue weighted by Crippen LogP contribution is -2.38. The predicted octanol–water partition coefficient (Wildman–Crippen LogP) is 7.95. The molecule has 35 heteroatoms. The Labute approximate surface area is 563 Å². The van der Waals surface area contributed by atoms with Crippen LogP contribution in [0.4, 0.5) is 17.6 Å². The van der Waals surface area contributed by atoms with Crippen molar-refractivity contribution < 1.29 is 103 Å². The van der Waals surface area contributed by atoms with Gasteiger partial charge in [0.15, 0.2) is 0 Å². The van der Waals surface area contributed by atoms with E-state index in [-0.39, 0.29) is 55.7 Å². The fourth-order valence-corrected chi connectivity index (χ4v) is 15.7. The number of ether oxygens (including phenoxy) is 6. The number of halogens is 4. The number of nitrogens with zero attached hydrogens (tertiary/aromatic N) is 4. The lowest BCUT2D eigenvalue weighted by Gasteiger charge is -2.22. The van der Waals surface area contributed by atoms with Gasteiger partial charge in [0.1, 0.15) is 47.4 Å². The Kier molecular flexibility index (Phi) is 24.1. The summed E-state index contributed by atoms with van der Waals surface area (Å²) in [6.07, 6.45) is -5.11. The highest BCUT2D eigenvalue weighted by Crippen LogP contribution is 2.60. The second-order valence-electron chi connectivity index (χ2n) is 21.8. The van der Waals surface area contributed by atoms with Crippen LogP contribution < -0.4 is 31.0 Å². The van der Waals surface area contributed by atoms with E-state index >= 15 is 8.78 Å². The van der Waals surface area contributed by atoms with E-state index in [9.17, 15) is 57.8 Å². The Bertz CT molecular complexity index is 4370. The molecular formula is C62H64F4N6O20P2S3. The number of furan rings is 2. The van der Waals surface area contributed by atoms with Crippen molar-refractivity contribution in [1.29, 1.82) is 0 Å². The zero-order chi connectivity index (χ0) is 70.0. The minimum Gasteiger partial charge on any atom is -0.497 e. The van der Waals surface area contributed by atoms with E-state index in [1.807, 2.05) is 18.2 Å². The highest BCUT2D eigenvalue weighted by Gasteiger charge is 2.59. The summed E-state index contributed by atoms with van der Waals surface area (Å²) in [4.78, 5) is 91.9. The Morgan fingerprint density at radius 2 is 1.14 bits per heavy atom. The van der Waals surface area contributed by atoms with Gasteiger partial charge in [-0.3, -0.25) is 38.5 Å². The molecule has 0 aliphatic carbocycles. The molecule has 3 fully saturated rings. The lowest BCUT2D eigenvalue weighted by molar-refractivity contribution is -0.145. The molecule has 0 radical (unpaired) electrons.